The van der Waals surface area contributed by atoms with E-state index in [4.69, 9.17) is 24.4 Å². The first kappa shape index (κ1) is 30.6. The van der Waals surface area contributed by atoms with E-state index in [1.807, 2.05) is 9.80 Å². The van der Waals surface area contributed by atoms with Crippen molar-refractivity contribution in [1.29, 1.82) is 0 Å². The second-order valence-electron chi connectivity index (χ2n) is 9.97. The Morgan fingerprint density at radius 2 is 0.905 bits per heavy atom. The van der Waals surface area contributed by atoms with Gasteiger partial charge in [-0.15, -0.1) is 0 Å². The summed E-state index contributed by atoms with van der Waals surface area (Å²) in [6.45, 7) is 2.30. The lowest BCUT2D eigenvalue weighted by Gasteiger charge is -2.37. The number of benzene rings is 2. The Balaban J connectivity index is 1.00. The number of aliphatic hydroxyl groups excluding tert-OH is 2. The Labute approximate surface area is 262 Å². The average molecular weight is 645 g/mol. The number of thiocarbonyl (C=S) groups is 2. The summed E-state index contributed by atoms with van der Waals surface area (Å²) in [6.07, 6.45) is -1.85. The second-order valence-corrected chi connectivity index (χ2v) is 13.3. The van der Waals surface area contributed by atoms with Gasteiger partial charge in [0, 0.05) is 37.7 Å². The Morgan fingerprint density at radius 1 is 0.619 bits per heavy atom. The summed E-state index contributed by atoms with van der Waals surface area (Å²) in [5.74, 6) is -1.12. The van der Waals surface area contributed by atoms with Gasteiger partial charge in [-0.25, -0.2) is 0 Å². The number of piperazine rings is 1. The van der Waals surface area contributed by atoms with Crippen LogP contribution in [0.25, 0.3) is 0 Å². The lowest BCUT2D eigenvalue weighted by molar-refractivity contribution is 0.0557. The van der Waals surface area contributed by atoms with E-state index in [1.165, 1.54) is 23.5 Å². The number of aliphatic hydroxyl groups is 2. The molecule has 2 aromatic carbocycles. The van der Waals surface area contributed by atoms with Crippen molar-refractivity contribution in [2.45, 2.75) is 12.2 Å². The highest BCUT2D eigenvalue weighted by Gasteiger charge is 2.37. The van der Waals surface area contributed by atoms with Crippen molar-refractivity contribution in [2.24, 2.45) is 0 Å². The number of carbonyl (C=O) groups is 4. The Kier molecular flexibility index (Phi) is 9.60. The van der Waals surface area contributed by atoms with Gasteiger partial charge in [0.05, 0.1) is 47.6 Å². The topological polar surface area (TPSA) is 122 Å². The molecule has 220 valence electrons. The third-order valence-electron chi connectivity index (χ3n) is 7.14. The molecular formula is C28H28N4O6S4. The molecule has 1 fully saturated rings. The number of fused-ring (bicyclic) bond motifs is 2. The number of nitrogens with zero attached hydrogens (tertiary/aromatic N) is 4. The van der Waals surface area contributed by atoms with Crippen LogP contribution in [0.1, 0.15) is 41.4 Å². The number of hydrogen-bond donors (Lipinski definition) is 2. The van der Waals surface area contributed by atoms with Crippen LogP contribution >= 0.6 is 48.0 Å². The van der Waals surface area contributed by atoms with Crippen molar-refractivity contribution in [3.63, 3.8) is 0 Å². The summed E-state index contributed by atoms with van der Waals surface area (Å²) in [5, 5.41) is 21.0. The average Bonchev–Trinajstić information content (AvgIpc) is 3.39. The predicted octanol–water partition coefficient (Wildman–Crippen LogP) is 1.95. The van der Waals surface area contributed by atoms with Gasteiger partial charge in [0.2, 0.25) is 0 Å². The normalized spacial score (nSPS) is 18.0. The van der Waals surface area contributed by atoms with Crippen LogP contribution in [0.4, 0.5) is 0 Å². The molecule has 5 rings (SSSR count). The van der Waals surface area contributed by atoms with Crippen LogP contribution in [0.2, 0.25) is 0 Å². The summed E-state index contributed by atoms with van der Waals surface area (Å²) in [4.78, 5) is 56.3. The quantitative estimate of drug-likeness (QED) is 0.323. The minimum absolute atomic E-state index is 0.0971. The molecule has 3 heterocycles. The highest BCUT2D eigenvalue weighted by atomic mass is 32.2. The lowest BCUT2D eigenvalue weighted by Crippen LogP contribution is -2.49. The maximum atomic E-state index is 12.5. The number of amides is 4. The number of rotatable bonds is 8. The predicted molar refractivity (Wildman–Crippen MR) is 169 cm³/mol. The van der Waals surface area contributed by atoms with E-state index >= 15 is 0 Å². The maximum Gasteiger partial charge on any atom is 0.261 e. The molecule has 2 unspecified atom stereocenters. The third kappa shape index (κ3) is 6.38. The Bertz CT molecular complexity index is 1270. The van der Waals surface area contributed by atoms with Gasteiger partial charge in [0.15, 0.2) is 0 Å². The lowest BCUT2D eigenvalue weighted by atomic mass is 10.1. The van der Waals surface area contributed by atoms with Gasteiger partial charge in [-0.05, 0) is 24.3 Å². The van der Waals surface area contributed by atoms with Crippen LogP contribution in [0.5, 0.6) is 0 Å². The molecule has 3 aliphatic heterocycles. The summed E-state index contributed by atoms with van der Waals surface area (Å²) in [7, 11) is 0. The van der Waals surface area contributed by atoms with Crippen LogP contribution in [-0.2, 0) is 0 Å². The standard InChI is InChI=1S/C28H28N4O6S4/c33-17(13-31-23(35)19-5-1-2-6-20(19)24(31)36)15-41-27(39)29-9-11-30(12-10-29)28(40)42-16-18(34)14-32-25(37)21-7-3-4-8-22(21)26(32)38/h1-8,17-18,33-34H,9-16H2. The number of hydrogen-bond acceptors (Lipinski definition) is 10. The van der Waals surface area contributed by atoms with Gasteiger partial charge in [0.1, 0.15) is 8.64 Å². The van der Waals surface area contributed by atoms with Crippen LogP contribution < -0.4 is 0 Å². The second kappa shape index (κ2) is 13.2. The molecule has 2 aromatic rings. The number of imide groups is 2. The molecule has 2 atom stereocenters. The summed E-state index contributed by atoms with van der Waals surface area (Å²) >= 11 is 13.7. The molecule has 10 nitrogen and oxygen atoms in total. The zero-order valence-electron chi connectivity index (χ0n) is 22.4. The van der Waals surface area contributed by atoms with Crippen molar-refractivity contribution >= 4 is 80.2 Å². The molecule has 0 saturated carbocycles. The van der Waals surface area contributed by atoms with Crippen LogP contribution in [0.15, 0.2) is 48.5 Å². The fourth-order valence-corrected chi connectivity index (χ4v) is 7.31. The molecule has 0 bridgehead atoms. The largest absolute Gasteiger partial charge is 0.390 e. The van der Waals surface area contributed by atoms with Gasteiger partial charge >= 0.3 is 0 Å². The zero-order valence-corrected chi connectivity index (χ0v) is 25.6. The Morgan fingerprint density at radius 3 is 1.19 bits per heavy atom. The number of carbonyl (C=O) groups excluding carboxylic acids is 4. The minimum atomic E-state index is -0.924. The molecule has 1 saturated heterocycles. The SMILES string of the molecule is O=C1c2ccccc2C(=O)N1CC(O)CSC(=S)N1CCN(C(=S)SCC(O)CN2C(=O)c3ccccc3C2=O)CC1. The van der Waals surface area contributed by atoms with Crippen LogP contribution in [-0.4, -0.2) is 125 Å². The van der Waals surface area contributed by atoms with Crippen molar-refractivity contribution in [3.05, 3.63) is 70.8 Å². The van der Waals surface area contributed by atoms with E-state index in [2.05, 4.69) is 0 Å². The highest BCUT2D eigenvalue weighted by molar-refractivity contribution is 8.23. The zero-order chi connectivity index (χ0) is 30.0. The summed E-state index contributed by atoms with van der Waals surface area (Å²) in [5.41, 5.74) is 1.40. The summed E-state index contributed by atoms with van der Waals surface area (Å²) < 4.78 is 1.23. The Hall–Kier alpha value is -2.88. The monoisotopic (exact) mass is 644 g/mol. The van der Waals surface area contributed by atoms with Crippen molar-refractivity contribution < 1.29 is 29.4 Å². The molecule has 14 heteroatoms. The highest BCUT2D eigenvalue weighted by Crippen LogP contribution is 2.25. The van der Waals surface area contributed by atoms with Gasteiger partial charge < -0.3 is 20.0 Å². The van der Waals surface area contributed by atoms with E-state index in [1.54, 1.807) is 48.5 Å². The molecular weight excluding hydrogens is 617 g/mol. The summed E-state index contributed by atoms with van der Waals surface area (Å²) in [6, 6.07) is 13.2. The van der Waals surface area contributed by atoms with Gasteiger partial charge in [-0.3, -0.25) is 29.0 Å². The molecule has 4 amide bonds. The fraction of sp³-hybridized carbons (Fsp3) is 0.357. The molecule has 3 aliphatic rings. The van der Waals surface area contributed by atoms with E-state index in [-0.39, 0.29) is 24.6 Å². The van der Waals surface area contributed by atoms with Crippen molar-refractivity contribution in [2.75, 3.05) is 50.8 Å². The van der Waals surface area contributed by atoms with E-state index < -0.39 is 35.8 Å². The molecule has 0 aromatic heterocycles. The van der Waals surface area contributed by atoms with E-state index in [0.717, 1.165) is 9.80 Å². The van der Waals surface area contributed by atoms with Crippen LogP contribution in [0.3, 0.4) is 0 Å². The van der Waals surface area contributed by atoms with Gasteiger partial charge in [-0.1, -0.05) is 72.2 Å². The fourth-order valence-electron chi connectivity index (χ4n) is 4.93. The minimum Gasteiger partial charge on any atom is -0.390 e. The number of thioether (sulfide) groups is 2. The molecule has 0 radical (unpaired) electrons. The first-order valence-electron chi connectivity index (χ1n) is 13.3. The van der Waals surface area contributed by atoms with Crippen molar-refractivity contribution in [1.82, 2.24) is 19.6 Å². The number of β-amino-alcohol motifs (C(OH)–C–C–N with tert-alkyl or cyclic N) is 2. The van der Waals surface area contributed by atoms with Gasteiger partial charge in [-0.2, -0.15) is 0 Å². The first-order valence-corrected chi connectivity index (χ1v) is 16.0. The third-order valence-corrected chi connectivity index (χ3v) is 10.5. The smallest absolute Gasteiger partial charge is 0.261 e. The van der Waals surface area contributed by atoms with Gasteiger partial charge in [0.25, 0.3) is 23.6 Å². The molecule has 0 spiro atoms. The van der Waals surface area contributed by atoms with Crippen LogP contribution in [0, 0.1) is 0 Å². The molecule has 0 aliphatic carbocycles. The molecule has 2 N–H and O–H groups in total. The maximum absolute atomic E-state index is 12.5. The van der Waals surface area contributed by atoms with Crippen molar-refractivity contribution in [3.8, 4) is 0 Å². The molecule has 42 heavy (non-hydrogen) atoms. The van der Waals surface area contributed by atoms with E-state index in [0.29, 0.717) is 57.1 Å². The van der Waals surface area contributed by atoms with E-state index in [9.17, 15) is 29.4 Å². The first-order chi connectivity index (χ1) is 20.2.